The minimum absolute atomic E-state index is 0.102. The Balaban J connectivity index is 1.26. The Hall–Kier alpha value is -1.20. The van der Waals surface area contributed by atoms with Crippen molar-refractivity contribution in [1.82, 2.24) is 0 Å². The van der Waals surface area contributed by atoms with Crippen molar-refractivity contribution in [3.8, 4) is 0 Å². The van der Waals surface area contributed by atoms with E-state index in [0.29, 0.717) is 40.9 Å². The van der Waals surface area contributed by atoms with Crippen molar-refractivity contribution >= 4 is 11.8 Å². The van der Waals surface area contributed by atoms with E-state index in [1.165, 1.54) is 12.8 Å². The third-order valence-corrected chi connectivity index (χ3v) is 11.9. The summed E-state index contributed by atoms with van der Waals surface area (Å²) in [5.41, 5.74) is 1.21. The molecule has 2 aliphatic heterocycles. The molecule has 0 radical (unpaired) electrons. The first-order valence-corrected chi connectivity index (χ1v) is 13.4. The van der Waals surface area contributed by atoms with Gasteiger partial charge >= 0.3 is 5.97 Å². The Morgan fingerprint density at radius 3 is 2.64 bits per heavy atom. The molecular formula is C28H40O5. The molecule has 0 aromatic rings. The lowest BCUT2D eigenvalue weighted by Gasteiger charge is -2.58. The van der Waals surface area contributed by atoms with E-state index in [9.17, 15) is 14.7 Å². The van der Waals surface area contributed by atoms with E-state index in [2.05, 4.69) is 20.8 Å². The largest absolute Gasteiger partial charge is 0.458 e. The van der Waals surface area contributed by atoms with Crippen LogP contribution in [0.1, 0.15) is 85.5 Å². The number of Topliss-reactive ketones (excluding diaryl/α,β-unsaturated/α-hetero) is 1. The molecule has 6 rings (SSSR count). The van der Waals surface area contributed by atoms with E-state index in [1.807, 2.05) is 6.92 Å². The first-order chi connectivity index (χ1) is 15.7. The van der Waals surface area contributed by atoms with Gasteiger partial charge in [-0.25, -0.2) is 4.79 Å². The van der Waals surface area contributed by atoms with E-state index in [1.54, 1.807) is 0 Å². The van der Waals surface area contributed by atoms with Crippen LogP contribution in [0.15, 0.2) is 11.1 Å². The molecule has 33 heavy (non-hydrogen) atoms. The van der Waals surface area contributed by atoms with Crippen LogP contribution in [-0.2, 0) is 19.1 Å². The zero-order valence-electron chi connectivity index (χ0n) is 20.7. The number of ether oxygens (including phenoxy) is 2. The number of epoxide rings is 1. The number of esters is 1. The third-order valence-electron chi connectivity index (χ3n) is 11.9. The number of carbonyl (C=O) groups is 2. The monoisotopic (exact) mass is 456 g/mol. The molecule has 0 unspecified atom stereocenters. The quantitative estimate of drug-likeness (QED) is 0.496. The number of hydrogen-bond acceptors (Lipinski definition) is 5. The average Bonchev–Trinajstić information content (AvgIpc) is 3.36. The van der Waals surface area contributed by atoms with Gasteiger partial charge < -0.3 is 14.6 Å². The van der Waals surface area contributed by atoms with Crippen molar-refractivity contribution in [3.05, 3.63) is 11.1 Å². The van der Waals surface area contributed by atoms with Crippen LogP contribution in [0.2, 0.25) is 0 Å². The van der Waals surface area contributed by atoms with Gasteiger partial charge in [-0.2, -0.15) is 0 Å². The Bertz CT molecular complexity index is 923. The SMILES string of the molecule is CC1=C(CO)C(=O)O[C@@H]([C@@H](C)[C@H]2CC[C@H]3[C@@H]4C[C@H]5O[C@]56CCCC(=O)[C@]6(C)[C@H]4CC[C@]23C)C1. The van der Waals surface area contributed by atoms with E-state index in [4.69, 9.17) is 9.47 Å². The number of rotatable bonds is 3. The number of carbonyl (C=O) groups excluding carboxylic acids is 2. The maximum absolute atomic E-state index is 13.4. The molecule has 4 aliphatic carbocycles. The Morgan fingerprint density at radius 2 is 1.91 bits per heavy atom. The topological polar surface area (TPSA) is 76.1 Å². The van der Waals surface area contributed by atoms with Crippen molar-refractivity contribution in [3.63, 3.8) is 0 Å². The van der Waals surface area contributed by atoms with E-state index >= 15 is 0 Å². The van der Waals surface area contributed by atoms with Crippen LogP contribution >= 0.6 is 0 Å². The van der Waals surface area contributed by atoms with Crippen molar-refractivity contribution < 1.29 is 24.2 Å². The van der Waals surface area contributed by atoms with Crippen molar-refractivity contribution in [2.45, 2.75) is 103 Å². The smallest absolute Gasteiger partial charge is 0.336 e. The summed E-state index contributed by atoms with van der Waals surface area (Å²) in [7, 11) is 0. The molecule has 0 amide bonds. The fraction of sp³-hybridized carbons (Fsp3) is 0.857. The molecule has 4 saturated carbocycles. The molecule has 2 heterocycles. The summed E-state index contributed by atoms with van der Waals surface area (Å²) in [6.07, 6.45) is 9.53. The summed E-state index contributed by atoms with van der Waals surface area (Å²) < 4.78 is 12.3. The third kappa shape index (κ3) is 2.73. The predicted octanol–water partition coefficient (Wildman–Crippen LogP) is 4.61. The summed E-state index contributed by atoms with van der Waals surface area (Å²) in [5, 5.41) is 9.53. The summed E-state index contributed by atoms with van der Waals surface area (Å²) in [6, 6.07) is 0. The number of aliphatic hydroxyl groups is 1. The van der Waals surface area contributed by atoms with E-state index in [0.717, 1.165) is 50.5 Å². The molecular weight excluding hydrogens is 416 g/mol. The zero-order chi connectivity index (χ0) is 23.3. The standard InChI is InChI=1S/C28H40O5/c1-15-12-22(32-25(31)18(15)14-29)16(2)19-7-8-20-17-13-24-28(33-24)10-5-6-23(30)27(28,4)21(17)9-11-26(19,20)3/h16-17,19-22,24,29H,5-14H2,1-4H3/t16-,17-,19+,20-,21-,22+,24+,26+,27-,28+/m0/s1. The highest BCUT2D eigenvalue weighted by Crippen LogP contribution is 2.73. The first-order valence-electron chi connectivity index (χ1n) is 13.4. The van der Waals surface area contributed by atoms with Gasteiger partial charge in [-0.15, -0.1) is 0 Å². The fourth-order valence-corrected chi connectivity index (χ4v) is 10.0. The van der Waals surface area contributed by atoms with Crippen LogP contribution in [0.5, 0.6) is 0 Å². The maximum atomic E-state index is 13.4. The molecule has 5 heteroatoms. The lowest BCUT2D eigenvalue weighted by molar-refractivity contribution is -0.156. The molecule has 5 nitrogen and oxygen atoms in total. The lowest BCUT2D eigenvalue weighted by atomic mass is 9.44. The highest BCUT2D eigenvalue weighted by Gasteiger charge is 2.77. The van der Waals surface area contributed by atoms with Gasteiger partial charge in [-0.3, -0.25) is 4.79 Å². The van der Waals surface area contributed by atoms with Gasteiger partial charge in [0.2, 0.25) is 0 Å². The van der Waals surface area contributed by atoms with Crippen LogP contribution < -0.4 is 0 Å². The van der Waals surface area contributed by atoms with Crippen molar-refractivity contribution in [1.29, 1.82) is 0 Å². The zero-order valence-corrected chi connectivity index (χ0v) is 20.7. The maximum Gasteiger partial charge on any atom is 0.336 e. The summed E-state index contributed by atoms with van der Waals surface area (Å²) in [5.74, 6) is 2.61. The number of cyclic esters (lactones) is 1. The van der Waals surface area contributed by atoms with Crippen LogP contribution in [-0.4, -0.2) is 41.3 Å². The number of aliphatic hydroxyl groups excluding tert-OH is 1. The molecule has 0 aromatic carbocycles. The molecule has 10 atom stereocenters. The molecule has 6 aliphatic rings. The highest BCUT2D eigenvalue weighted by molar-refractivity contribution is 5.90. The van der Waals surface area contributed by atoms with Gasteiger partial charge in [0.15, 0.2) is 0 Å². The summed E-state index contributed by atoms with van der Waals surface area (Å²) in [6.45, 7) is 8.76. The Morgan fingerprint density at radius 1 is 1.12 bits per heavy atom. The van der Waals surface area contributed by atoms with Crippen LogP contribution in [0, 0.1) is 40.4 Å². The van der Waals surface area contributed by atoms with Gasteiger partial charge in [-0.05, 0) is 93.8 Å². The number of ketones is 1. The second kappa shape index (κ2) is 7.16. The average molecular weight is 457 g/mol. The normalized spacial score (nSPS) is 51.8. The number of hydrogen-bond donors (Lipinski definition) is 1. The second-order valence-corrected chi connectivity index (χ2v) is 12.7. The molecule has 0 aromatic heterocycles. The minimum Gasteiger partial charge on any atom is -0.458 e. The molecule has 1 spiro atoms. The van der Waals surface area contributed by atoms with Crippen LogP contribution in [0.25, 0.3) is 0 Å². The van der Waals surface area contributed by atoms with Crippen LogP contribution in [0.3, 0.4) is 0 Å². The van der Waals surface area contributed by atoms with Gasteiger partial charge in [0.25, 0.3) is 0 Å². The lowest BCUT2D eigenvalue weighted by Crippen LogP contribution is -2.60. The van der Waals surface area contributed by atoms with Gasteiger partial charge in [0.05, 0.1) is 23.7 Å². The minimum atomic E-state index is -0.334. The molecule has 1 N–H and O–H groups in total. The first kappa shape index (κ1) is 22.3. The number of fused-ring (bicyclic) bond motifs is 4. The molecule has 5 fully saturated rings. The molecule has 1 saturated heterocycles. The van der Waals surface area contributed by atoms with Gasteiger partial charge in [0.1, 0.15) is 17.5 Å². The summed E-state index contributed by atoms with van der Waals surface area (Å²) in [4.78, 5) is 25.8. The predicted molar refractivity (Wildman–Crippen MR) is 123 cm³/mol. The molecule has 0 bridgehead atoms. The van der Waals surface area contributed by atoms with Crippen molar-refractivity contribution in [2.24, 2.45) is 40.4 Å². The Kier molecular flexibility index (Phi) is 4.83. The van der Waals surface area contributed by atoms with E-state index in [-0.39, 0.29) is 41.2 Å². The highest BCUT2D eigenvalue weighted by atomic mass is 16.6. The summed E-state index contributed by atoms with van der Waals surface area (Å²) >= 11 is 0. The van der Waals surface area contributed by atoms with Crippen molar-refractivity contribution in [2.75, 3.05) is 6.61 Å². The second-order valence-electron chi connectivity index (χ2n) is 12.7. The van der Waals surface area contributed by atoms with Crippen LogP contribution in [0.4, 0.5) is 0 Å². The van der Waals surface area contributed by atoms with Gasteiger partial charge in [-0.1, -0.05) is 19.4 Å². The Labute approximate surface area is 197 Å². The van der Waals surface area contributed by atoms with E-state index < -0.39 is 0 Å². The van der Waals surface area contributed by atoms with Gasteiger partial charge in [0, 0.05) is 12.8 Å². The fourth-order valence-electron chi connectivity index (χ4n) is 10.0. The molecule has 182 valence electrons.